The molecule has 0 spiro atoms. The quantitative estimate of drug-likeness (QED) is 0.232. The van der Waals surface area contributed by atoms with E-state index in [4.69, 9.17) is 0 Å². The highest BCUT2D eigenvalue weighted by Crippen LogP contribution is 2.28. The number of carbonyl (C=O) groups is 1. The van der Waals surface area contributed by atoms with E-state index < -0.39 is 0 Å². The maximum Gasteiger partial charge on any atom is 0.223 e. The van der Waals surface area contributed by atoms with Gasteiger partial charge in [0.1, 0.15) is 11.6 Å². The lowest BCUT2D eigenvalue weighted by atomic mass is 10.0. The number of imidazole rings is 2. The van der Waals surface area contributed by atoms with Crippen LogP contribution in [0.25, 0.3) is 33.6 Å². The molecule has 0 radical (unpaired) electrons. The van der Waals surface area contributed by atoms with Crippen LogP contribution in [0, 0.1) is 5.92 Å². The van der Waals surface area contributed by atoms with Crippen LogP contribution in [0.5, 0.6) is 0 Å². The standard InChI is InChI=1S/C31H38N6O/c1-4-16-37(30(38)17-21(2)3)20-29-33-18-27(35-29)24-11-7-22(8-12-24)23-9-13-25(14-10-23)28-19-34-31(36-28)26-6-5-15-32-26/h7-14,18-19,21,26,32H,4-6,15-17,20H2,1-3H3,(H,33,35)(H,34,36)/t26-/m0/s1. The van der Waals surface area contributed by atoms with E-state index in [1.165, 1.54) is 12.0 Å². The van der Waals surface area contributed by atoms with Gasteiger partial charge in [0.05, 0.1) is 36.4 Å². The molecule has 1 fully saturated rings. The first-order valence-electron chi connectivity index (χ1n) is 13.8. The number of amides is 1. The van der Waals surface area contributed by atoms with E-state index in [1.807, 2.05) is 17.3 Å². The van der Waals surface area contributed by atoms with E-state index in [0.29, 0.717) is 24.9 Å². The molecule has 198 valence electrons. The predicted octanol–water partition coefficient (Wildman–Crippen LogP) is 6.34. The van der Waals surface area contributed by atoms with Gasteiger partial charge in [-0.1, -0.05) is 69.3 Å². The number of aromatic nitrogens is 4. The SMILES string of the molecule is CCCN(Cc1ncc(-c2ccc(-c3ccc(-c4cnc([C@@H]5CCCN5)[nH]4)cc3)cc2)[nH]1)C(=O)CC(C)C. The predicted molar refractivity (Wildman–Crippen MR) is 152 cm³/mol. The van der Waals surface area contributed by atoms with Crippen molar-refractivity contribution < 1.29 is 4.79 Å². The zero-order valence-electron chi connectivity index (χ0n) is 22.6. The van der Waals surface area contributed by atoms with Crippen LogP contribution in [0.4, 0.5) is 0 Å². The summed E-state index contributed by atoms with van der Waals surface area (Å²) >= 11 is 0. The highest BCUT2D eigenvalue weighted by molar-refractivity contribution is 5.76. The van der Waals surface area contributed by atoms with E-state index in [2.05, 4.69) is 94.6 Å². The van der Waals surface area contributed by atoms with E-state index in [9.17, 15) is 4.79 Å². The molecule has 1 saturated heterocycles. The minimum Gasteiger partial charge on any atom is -0.341 e. The molecular formula is C31H38N6O. The molecule has 5 rings (SSSR count). The van der Waals surface area contributed by atoms with Gasteiger partial charge < -0.3 is 20.2 Å². The van der Waals surface area contributed by atoms with Gasteiger partial charge in [0.2, 0.25) is 5.91 Å². The Morgan fingerprint density at radius 1 is 0.921 bits per heavy atom. The fourth-order valence-electron chi connectivity index (χ4n) is 5.07. The normalized spacial score (nSPS) is 15.3. The largest absolute Gasteiger partial charge is 0.341 e. The molecule has 0 saturated carbocycles. The number of nitrogens with zero attached hydrogens (tertiary/aromatic N) is 3. The van der Waals surface area contributed by atoms with Crippen molar-refractivity contribution in [2.75, 3.05) is 13.1 Å². The van der Waals surface area contributed by atoms with Gasteiger partial charge in [0.15, 0.2) is 0 Å². The van der Waals surface area contributed by atoms with Gasteiger partial charge >= 0.3 is 0 Å². The monoisotopic (exact) mass is 510 g/mol. The fourth-order valence-corrected chi connectivity index (χ4v) is 5.07. The second-order valence-electron chi connectivity index (χ2n) is 10.6. The van der Waals surface area contributed by atoms with Gasteiger partial charge in [-0.05, 0) is 54.0 Å². The topological polar surface area (TPSA) is 89.7 Å². The van der Waals surface area contributed by atoms with Crippen molar-refractivity contribution in [1.82, 2.24) is 30.2 Å². The molecule has 1 aliphatic rings. The Kier molecular flexibility index (Phi) is 8.03. The van der Waals surface area contributed by atoms with Crippen LogP contribution in [0.2, 0.25) is 0 Å². The van der Waals surface area contributed by atoms with Crippen LogP contribution in [0.1, 0.15) is 64.1 Å². The molecule has 3 N–H and O–H groups in total. The summed E-state index contributed by atoms with van der Waals surface area (Å²) in [7, 11) is 0. The summed E-state index contributed by atoms with van der Waals surface area (Å²) in [6.45, 7) is 8.57. The first kappa shape index (κ1) is 25.9. The number of carbonyl (C=O) groups excluding carboxylic acids is 1. The number of aromatic amines is 2. The summed E-state index contributed by atoms with van der Waals surface area (Å²) < 4.78 is 0. The number of nitrogens with one attached hydrogen (secondary N) is 3. The Labute approximate surface area is 225 Å². The highest BCUT2D eigenvalue weighted by Gasteiger charge is 2.19. The molecule has 1 aliphatic heterocycles. The second-order valence-corrected chi connectivity index (χ2v) is 10.6. The maximum atomic E-state index is 12.6. The van der Waals surface area contributed by atoms with E-state index >= 15 is 0 Å². The third kappa shape index (κ3) is 6.05. The first-order valence-corrected chi connectivity index (χ1v) is 13.8. The van der Waals surface area contributed by atoms with Crippen molar-refractivity contribution in [2.24, 2.45) is 5.92 Å². The molecule has 3 heterocycles. The Bertz CT molecular complexity index is 1330. The summed E-state index contributed by atoms with van der Waals surface area (Å²) in [4.78, 5) is 30.6. The zero-order valence-corrected chi connectivity index (χ0v) is 22.6. The molecular weight excluding hydrogens is 472 g/mol. The zero-order chi connectivity index (χ0) is 26.5. The van der Waals surface area contributed by atoms with Crippen molar-refractivity contribution in [2.45, 2.75) is 59.0 Å². The lowest BCUT2D eigenvalue weighted by molar-refractivity contribution is -0.132. The first-order chi connectivity index (χ1) is 18.5. The Balaban J connectivity index is 1.24. The van der Waals surface area contributed by atoms with Crippen LogP contribution in [0.15, 0.2) is 60.9 Å². The number of hydrogen-bond donors (Lipinski definition) is 3. The van der Waals surface area contributed by atoms with Crippen LogP contribution in [-0.4, -0.2) is 43.8 Å². The average molecular weight is 511 g/mol. The minimum atomic E-state index is 0.189. The van der Waals surface area contributed by atoms with Gasteiger partial charge in [-0.3, -0.25) is 4.79 Å². The third-order valence-electron chi connectivity index (χ3n) is 7.11. The smallest absolute Gasteiger partial charge is 0.223 e. The molecule has 1 amide bonds. The van der Waals surface area contributed by atoms with E-state index in [-0.39, 0.29) is 5.91 Å². The molecule has 0 aliphatic carbocycles. The van der Waals surface area contributed by atoms with Crippen molar-refractivity contribution in [3.05, 3.63) is 72.6 Å². The minimum absolute atomic E-state index is 0.189. The number of rotatable bonds is 10. The summed E-state index contributed by atoms with van der Waals surface area (Å²) in [6, 6.07) is 17.5. The molecule has 7 heteroatoms. The lowest BCUT2D eigenvalue weighted by Crippen LogP contribution is -2.32. The average Bonchev–Trinajstić information content (AvgIpc) is 3.70. The molecule has 4 aromatic rings. The lowest BCUT2D eigenvalue weighted by Gasteiger charge is -2.22. The van der Waals surface area contributed by atoms with E-state index in [1.54, 1.807) is 0 Å². The Morgan fingerprint density at radius 2 is 1.53 bits per heavy atom. The van der Waals surface area contributed by atoms with Crippen molar-refractivity contribution >= 4 is 5.91 Å². The fraction of sp³-hybridized carbons (Fsp3) is 0.387. The Morgan fingerprint density at radius 3 is 2.11 bits per heavy atom. The summed E-state index contributed by atoms with van der Waals surface area (Å²) in [5.74, 6) is 2.38. The molecule has 0 unspecified atom stereocenters. The molecule has 38 heavy (non-hydrogen) atoms. The molecule has 2 aromatic carbocycles. The summed E-state index contributed by atoms with van der Waals surface area (Å²) in [5.41, 5.74) is 6.55. The van der Waals surface area contributed by atoms with Gasteiger partial charge in [-0.15, -0.1) is 0 Å². The van der Waals surface area contributed by atoms with E-state index in [0.717, 1.165) is 65.7 Å². The molecule has 2 aromatic heterocycles. The second kappa shape index (κ2) is 11.8. The van der Waals surface area contributed by atoms with Crippen LogP contribution < -0.4 is 5.32 Å². The number of H-pyrrole nitrogens is 2. The molecule has 0 bridgehead atoms. The van der Waals surface area contributed by atoms with Gasteiger partial charge in [0.25, 0.3) is 0 Å². The van der Waals surface area contributed by atoms with Gasteiger partial charge in [0, 0.05) is 13.0 Å². The maximum absolute atomic E-state index is 12.6. The van der Waals surface area contributed by atoms with Gasteiger partial charge in [-0.2, -0.15) is 0 Å². The Hall–Kier alpha value is -3.71. The number of hydrogen-bond acceptors (Lipinski definition) is 4. The highest BCUT2D eigenvalue weighted by atomic mass is 16.2. The van der Waals surface area contributed by atoms with Crippen LogP contribution in [-0.2, 0) is 11.3 Å². The van der Waals surface area contributed by atoms with Crippen LogP contribution in [0.3, 0.4) is 0 Å². The molecule has 1 atom stereocenters. The van der Waals surface area contributed by atoms with Crippen molar-refractivity contribution in [3.63, 3.8) is 0 Å². The van der Waals surface area contributed by atoms with Crippen molar-refractivity contribution in [1.29, 1.82) is 0 Å². The third-order valence-corrected chi connectivity index (χ3v) is 7.11. The summed E-state index contributed by atoms with van der Waals surface area (Å²) in [5, 5.41) is 3.49. The number of benzene rings is 2. The molecule has 7 nitrogen and oxygen atoms in total. The van der Waals surface area contributed by atoms with Crippen LogP contribution >= 0.6 is 0 Å². The summed E-state index contributed by atoms with van der Waals surface area (Å²) in [6.07, 6.45) is 7.62. The van der Waals surface area contributed by atoms with Crippen molar-refractivity contribution in [3.8, 4) is 33.6 Å². The van der Waals surface area contributed by atoms with Gasteiger partial charge in [-0.25, -0.2) is 9.97 Å².